The Morgan fingerprint density at radius 1 is 1.64 bits per heavy atom. The van der Waals surface area contributed by atoms with Gasteiger partial charge < -0.3 is 5.43 Å². The third-order valence-corrected chi connectivity index (χ3v) is 1.67. The lowest BCUT2D eigenvalue weighted by Gasteiger charge is -1.99. The van der Waals surface area contributed by atoms with Gasteiger partial charge in [-0.15, -0.1) is 12.4 Å². The maximum atomic E-state index is 5.69. The van der Waals surface area contributed by atoms with Crippen LogP contribution in [0.25, 0.3) is 0 Å². The molecule has 0 spiro atoms. The van der Waals surface area contributed by atoms with E-state index in [-0.39, 0.29) is 12.4 Å². The van der Waals surface area contributed by atoms with E-state index in [1.165, 1.54) is 0 Å². The zero-order chi connectivity index (χ0) is 7.56. The molecule has 0 unspecified atom stereocenters. The number of halogens is 3. The Kier molecular flexibility index (Phi) is 4.76. The molecule has 1 rings (SSSR count). The molecular formula is C5H6BrCl2N3. The Morgan fingerprint density at radius 3 is 2.73 bits per heavy atom. The summed E-state index contributed by atoms with van der Waals surface area (Å²) >= 11 is 8.90. The lowest BCUT2D eigenvalue weighted by Crippen LogP contribution is -2.08. The Balaban J connectivity index is 0.000001000. The lowest BCUT2D eigenvalue weighted by molar-refractivity contribution is 1.22. The Morgan fingerprint density at radius 2 is 2.27 bits per heavy atom. The van der Waals surface area contributed by atoms with Crippen LogP contribution in [0.1, 0.15) is 0 Å². The van der Waals surface area contributed by atoms with Crippen LogP contribution in [0, 0.1) is 0 Å². The summed E-state index contributed by atoms with van der Waals surface area (Å²) in [4.78, 5) is 3.88. The number of nitrogen functional groups attached to an aromatic ring is 1. The topological polar surface area (TPSA) is 50.9 Å². The summed E-state index contributed by atoms with van der Waals surface area (Å²) < 4.78 is 0.830. The lowest BCUT2D eigenvalue weighted by atomic mass is 10.5. The Labute approximate surface area is 83.8 Å². The molecular weight excluding hydrogens is 253 g/mol. The predicted octanol–water partition coefficient (Wildman–Crippen LogP) is 2.20. The van der Waals surface area contributed by atoms with Gasteiger partial charge in [0.15, 0.2) is 5.82 Å². The predicted molar refractivity (Wildman–Crippen MR) is 52.0 cm³/mol. The molecule has 0 saturated heterocycles. The Hall–Kier alpha value is -0.0300. The number of rotatable bonds is 1. The van der Waals surface area contributed by atoms with Gasteiger partial charge in [0.2, 0.25) is 0 Å². The molecule has 11 heavy (non-hydrogen) atoms. The third-order valence-electron chi connectivity index (χ3n) is 0.945. The van der Waals surface area contributed by atoms with Gasteiger partial charge in [-0.3, -0.25) is 0 Å². The first-order valence-electron chi connectivity index (χ1n) is 2.51. The molecule has 0 atom stereocenters. The van der Waals surface area contributed by atoms with E-state index in [9.17, 15) is 0 Å². The molecule has 1 heterocycles. The van der Waals surface area contributed by atoms with E-state index in [0.717, 1.165) is 4.47 Å². The van der Waals surface area contributed by atoms with Gasteiger partial charge >= 0.3 is 0 Å². The van der Waals surface area contributed by atoms with Gasteiger partial charge in [0.25, 0.3) is 0 Å². The third kappa shape index (κ3) is 2.83. The van der Waals surface area contributed by atoms with Crippen LogP contribution >= 0.6 is 39.9 Å². The minimum absolute atomic E-state index is 0. The quantitative estimate of drug-likeness (QED) is 0.600. The molecule has 62 valence electrons. The molecule has 0 fully saturated rings. The number of hydrogen-bond acceptors (Lipinski definition) is 3. The molecule has 0 bridgehead atoms. The van der Waals surface area contributed by atoms with E-state index in [2.05, 4.69) is 26.3 Å². The second-order valence-corrected chi connectivity index (χ2v) is 2.95. The number of nitrogens with one attached hydrogen (secondary N) is 1. The number of hydrazine groups is 1. The van der Waals surface area contributed by atoms with Crippen molar-refractivity contribution in [2.24, 2.45) is 5.84 Å². The zero-order valence-corrected chi connectivity index (χ0v) is 8.50. The van der Waals surface area contributed by atoms with Gasteiger partial charge in [0, 0.05) is 10.7 Å². The van der Waals surface area contributed by atoms with Gasteiger partial charge in [-0.2, -0.15) is 0 Å². The highest BCUT2D eigenvalue weighted by atomic mass is 79.9. The summed E-state index contributed by atoms with van der Waals surface area (Å²) in [5, 5.41) is 0.497. The van der Waals surface area contributed by atoms with Crippen molar-refractivity contribution in [2.75, 3.05) is 5.43 Å². The number of nitrogens with zero attached hydrogens (tertiary/aromatic N) is 1. The largest absolute Gasteiger partial charge is 0.307 e. The molecule has 1 aromatic rings. The fourth-order valence-electron chi connectivity index (χ4n) is 0.521. The fourth-order valence-corrected chi connectivity index (χ4v) is 1.20. The SMILES string of the molecule is Cl.NNc1ncc(Br)cc1Cl. The van der Waals surface area contributed by atoms with Gasteiger partial charge in [0.05, 0.1) is 5.02 Å². The van der Waals surface area contributed by atoms with Crippen molar-refractivity contribution in [3.8, 4) is 0 Å². The number of hydrogen-bond donors (Lipinski definition) is 2. The van der Waals surface area contributed by atoms with Crippen molar-refractivity contribution in [3.63, 3.8) is 0 Å². The van der Waals surface area contributed by atoms with Crippen molar-refractivity contribution < 1.29 is 0 Å². The molecule has 0 radical (unpaired) electrons. The van der Waals surface area contributed by atoms with Crippen LogP contribution in [-0.2, 0) is 0 Å². The highest BCUT2D eigenvalue weighted by Crippen LogP contribution is 2.21. The monoisotopic (exact) mass is 257 g/mol. The number of nitrogens with two attached hydrogens (primary N) is 1. The number of pyridine rings is 1. The van der Waals surface area contributed by atoms with Crippen molar-refractivity contribution in [2.45, 2.75) is 0 Å². The molecule has 0 aliphatic rings. The van der Waals surface area contributed by atoms with E-state index in [4.69, 9.17) is 17.4 Å². The van der Waals surface area contributed by atoms with E-state index in [1.54, 1.807) is 12.3 Å². The molecule has 0 aliphatic heterocycles. The van der Waals surface area contributed by atoms with Gasteiger partial charge in [-0.25, -0.2) is 10.8 Å². The van der Waals surface area contributed by atoms with Gasteiger partial charge in [-0.1, -0.05) is 11.6 Å². The normalized spacial score (nSPS) is 8.64. The standard InChI is InChI=1S/C5H5BrClN3.ClH/c6-3-1-4(7)5(10-8)9-2-3;/h1-2H,8H2,(H,9,10);1H. The molecule has 0 saturated carbocycles. The first kappa shape index (κ1) is 11.0. The van der Waals surface area contributed by atoms with Crippen LogP contribution in [0.3, 0.4) is 0 Å². The highest BCUT2D eigenvalue weighted by molar-refractivity contribution is 9.10. The molecule has 3 nitrogen and oxygen atoms in total. The molecule has 6 heteroatoms. The van der Waals surface area contributed by atoms with Crippen LogP contribution in [0.15, 0.2) is 16.7 Å². The average Bonchev–Trinajstić information content (AvgIpc) is 1.88. The average molecular weight is 259 g/mol. The zero-order valence-electron chi connectivity index (χ0n) is 5.34. The number of aromatic nitrogens is 1. The summed E-state index contributed by atoms with van der Waals surface area (Å²) in [6.45, 7) is 0. The molecule has 3 N–H and O–H groups in total. The first-order valence-corrected chi connectivity index (χ1v) is 3.69. The van der Waals surface area contributed by atoms with E-state index >= 15 is 0 Å². The van der Waals surface area contributed by atoms with Crippen molar-refractivity contribution in [3.05, 3.63) is 21.8 Å². The van der Waals surface area contributed by atoms with E-state index in [0.29, 0.717) is 10.8 Å². The summed E-state index contributed by atoms with van der Waals surface area (Å²) in [5.74, 6) is 5.57. The van der Waals surface area contributed by atoms with Crippen LogP contribution < -0.4 is 11.3 Å². The maximum Gasteiger partial charge on any atom is 0.158 e. The minimum atomic E-state index is 0. The second kappa shape index (κ2) is 4.77. The van der Waals surface area contributed by atoms with Crippen LogP contribution in [-0.4, -0.2) is 4.98 Å². The fraction of sp³-hybridized carbons (Fsp3) is 0. The van der Waals surface area contributed by atoms with E-state index in [1.807, 2.05) is 0 Å². The van der Waals surface area contributed by atoms with Gasteiger partial charge in [0.1, 0.15) is 0 Å². The minimum Gasteiger partial charge on any atom is -0.307 e. The second-order valence-electron chi connectivity index (χ2n) is 1.63. The highest BCUT2D eigenvalue weighted by Gasteiger charge is 1.98. The van der Waals surface area contributed by atoms with E-state index < -0.39 is 0 Å². The van der Waals surface area contributed by atoms with Crippen molar-refractivity contribution in [1.82, 2.24) is 4.98 Å². The Bertz CT molecular complexity index is 243. The maximum absolute atomic E-state index is 5.69. The molecule has 0 aliphatic carbocycles. The number of anilines is 1. The molecule has 1 aromatic heterocycles. The van der Waals surface area contributed by atoms with Crippen molar-refractivity contribution >= 4 is 45.8 Å². The van der Waals surface area contributed by atoms with Crippen LogP contribution in [0.5, 0.6) is 0 Å². The summed E-state index contributed by atoms with van der Waals surface area (Å²) in [6.07, 6.45) is 1.61. The van der Waals surface area contributed by atoms with Crippen LogP contribution in [0.2, 0.25) is 5.02 Å². The van der Waals surface area contributed by atoms with Gasteiger partial charge in [-0.05, 0) is 22.0 Å². The van der Waals surface area contributed by atoms with Crippen LogP contribution in [0.4, 0.5) is 5.82 Å². The molecule has 0 amide bonds. The summed E-state index contributed by atoms with van der Waals surface area (Å²) in [7, 11) is 0. The van der Waals surface area contributed by atoms with Crippen molar-refractivity contribution in [1.29, 1.82) is 0 Å². The summed E-state index contributed by atoms with van der Waals surface area (Å²) in [5.41, 5.74) is 2.36. The molecule has 0 aromatic carbocycles. The first-order chi connectivity index (χ1) is 4.74. The summed E-state index contributed by atoms with van der Waals surface area (Å²) in [6, 6.07) is 1.71. The smallest absolute Gasteiger partial charge is 0.158 e.